The number of rotatable bonds is 5. The van der Waals surface area contributed by atoms with Crippen LogP contribution >= 0.6 is 0 Å². The molecule has 0 aromatic carbocycles. The summed E-state index contributed by atoms with van der Waals surface area (Å²) in [6, 6.07) is 0.803. The lowest BCUT2D eigenvalue weighted by molar-refractivity contribution is 0.238. The summed E-state index contributed by atoms with van der Waals surface area (Å²) in [6.07, 6.45) is 7.84. The Morgan fingerprint density at radius 2 is 2.19 bits per heavy atom. The number of anilines is 1. The molecule has 1 aromatic rings. The van der Waals surface area contributed by atoms with Crippen molar-refractivity contribution >= 4 is 5.95 Å². The summed E-state index contributed by atoms with van der Waals surface area (Å²) in [4.78, 5) is 10.6. The second-order valence-corrected chi connectivity index (χ2v) is 6.02. The second-order valence-electron chi connectivity index (χ2n) is 6.02. The summed E-state index contributed by atoms with van der Waals surface area (Å²) < 4.78 is 18.1. The number of methoxy groups -OCH3 is 1. The fourth-order valence-corrected chi connectivity index (χ4v) is 3.45. The second kappa shape index (κ2) is 6.56. The average Bonchev–Trinajstić information content (AvgIpc) is 3.17. The molecule has 5 nitrogen and oxygen atoms in total. The van der Waals surface area contributed by atoms with Crippen molar-refractivity contribution in [2.45, 2.75) is 38.1 Å². The highest BCUT2D eigenvalue weighted by atomic mass is 19.1. The van der Waals surface area contributed by atoms with E-state index in [1.165, 1.54) is 45.8 Å². The molecular weight excluding hydrogens is 271 g/mol. The Labute approximate surface area is 124 Å². The maximum absolute atomic E-state index is 13.3. The summed E-state index contributed by atoms with van der Waals surface area (Å²) in [5.74, 6) is 0.514. The van der Waals surface area contributed by atoms with Crippen molar-refractivity contribution < 1.29 is 9.13 Å². The molecule has 1 aliphatic carbocycles. The Kier molecular flexibility index (Phi) is 4.53. The first-order chi connectivity index (χ1) is 10.3. The number of aromatic nitrogens is 2. The number of halogens is 1. The van der Waals surface area contributed by atoms with Crippen LogP contribution < -0.4 is 10.1 Å². The van der Waals surface area contributed by atoms with Crippen molar-refractivity contribution in [3.05, 3.63) is 12.0 Å². The Bertz CT molecular complexity index is 479. The van der Waals surface area contributed by atoms with E-state index in [0.29, 0.717) is 11.9 Å². The topological polar surface area (TPSA) is 50.3 Å². The zero-order valence-electron chi connectivity index (χ0n) is 12.5. The van der Waals surface area contributed by atoms with Gasteiger partial charge in [-0.25, -0.2) is 4.98 Å². The fourth-order valence-electron chi connectivity index (χ4n) is 3.45. The molecule has 0 amide bonds. The van der Waals surface area contributed by atoms with Gasteiger partial charge in [-0.05, 0) is 31.7 Å². The minimum absolute atomic E-state index is 0.00787. The summed E-state index contributed by atoms with van der Waals surface area (Å²) in [7, 11) is 1.41. The SMILES string of the molecule is COc1nc(NCC2CCN(C3CCCC3)C2)ncc1F. The van der Waals surface area contributed by atoms with Gasteiger partial charge in [-0.1, -0.05) is 12.8 Å². The molecule has 1 aliphatic heterocycles. The van der Waals surface area contributed by atoms with E-state index < -0.39 is 5.82 Å². The number of hydrogen-bond acceptors (Lipinski definition) is 5. The molecule has 2 fully saturated rings. The quantitative estimate of drug-likeness (QED) is 0.903. The van der Waals surface area contributed by atoms with E-state index in [1.807, 2.05) is 0 Å². The van der Waals surface area contributed by atoms with E-state index in [0.717, 1.165) is 25.3 Å². The third-order valence-corrected chi connectivity index (χ3v) is 4.61. The van der Waals surface area contributed by atoms with Crippen LogP contribution in [-0.4, -0.2) is 47.7 Å². The fraction of sp³-hybridized carbons (Fsp3) is 0.733. The molecular formula is C15H23FN4O. The van der Waals surface area contributed by atoms with Crippen molar-refractivity contribution in [3.8, 4) is 5.88 Å². The minimum atomic E-state index is -0.531. The molecule has 0 radical (unpaired) electrons. The number of nitrogens with one attached hydrogen (secondary N) is 1. The molecule has 3 rings (SSSR count). The number of nitrogens with zero attached hydrogens (tertiary/aromatic N) is 3. The van der Waals surface area contributed by atoms with Crippen molar-refractivity contribution in [2.75, 3.05) is 32.1 Å². The van der Waals surface area contributed by atoms with Gasteiger partial charge in [-0.3, -0.25) is 0 Å². The average molecular weight is 294 g/mol. The molecule has 2 heterocycles. The standard InChI is InChI=1S/C15H23FN4O/c1-21-14-13(16)9-18-15(19-14)17-8-11-6-7-20(10-11)12-4-2-3-5-12/h9,11-12H,2-8,10H2,1H3,(H,17,18,19). The Balaban J connectivity index is 1.49. The summed E-state index contributed by atoms with van der Waals surface area (Å²) in [5, 5.41) is 3.20. The van der Waals surface area contributed by atoms with Gasteiger partial charge in [0, 0.05) is 19.1 Å². The van der Waals surface area contributed by atoms with Gasteiger partial charge >= 0.3 is 0 Å². The van der Waals surface area contributed by atoms with E-state index in [9.17, 15) is 4.39 Å². The third kappa shape index (κ3) is 3.43. The zero-order valence-corrected chi connectivity index (χ0v) is 12.5. The number of ether oxygens (including phenoxy) is 1. The van der Waals surface area contributed by atoms with Gasteiger partial charge < -0.3 is 15.0 Å². The van der Waals surface area contributed by atoms with Crippen LogP contribution in [0.1, 0.15) is 32.1 Å². The van der Waals surface area contributed by atoms with Gasteiger partial charge in [0.2, 0.25) is 11.8 Å². The van der Waals surface area contributed by atoms with E-state index in [4.69, 9.17) is 4.74 Å². The summed E-state index contributed by atoms with van der Waals surface area (Å²) in [5.41, 5.74) is 0. The van der Waals surface area contributed by atoms with E-state index in [1.54, 1.807) is 0 Å². The molecule has 6 heteroatoms. The Hall–Kier alpha value is -1.43. The van der Waals surface area contributed by atoms with Gasteiger partial charge in [-0.2, -0.15) is 9.37 Å². The molecule has 1 saturated heterocycles. The van der Waals surface area contributed by atoms with Crippen LogP contribution in [0, 0.1) is 11.7 Å². The van der Waals surface area contributed by atoms with Gasteiger partial charge in [0.15, 0.2) is 0 Å². The maximum atomic E-state index is 13.3. The van der Waals surface area contributed by atoms with Crippen LogP contribution in [0.3, 0.4) is 0 Å². The highest BCUT2D eigenvalue weighted by Gasteiger charge is 2.29. The van der Waals surface area contributed by atoms with Crippen molar-refractivity contribution in [2.24, 2.45) is 5.92 Å². The van der Waals surface area contributed by atoms with Crippen molar-refractivity contribution in [3.63, 3.8) is 0 Å². The summed E-state index contributed by atoms with van der Waals surface area (Å²) >= 11 is 0. The minimum Gasteiger partial charge on any atom is -0.479 e. The predicted molar refractivity (Wildman–Crippen MR) is 79.0 cm³/mol. The molecule has 1 aromatic heterocycles. The normalized spacial score (nSPS) is 23.6. The first-order valence-corrected chi connectivity index (χ1v) is 7.80. The lowest BCUT2D eigenvalue weighted by atomic mass is 10.1. The van der Waals surface area contributed by atoms with Crippen LogP contribution in [-0.2, 0) is 0 Å². The Morgan fingerprint density at radius 1 is 1.38 bits per heavy atom. The molecule has 116 valence electrons. The van der Waals surface area contributed by atoms with E-state index in [-0.39, 0.29) is 5.88 Å². The first-order valence-electron chi connectivity index (χ1n) is 7.80. The van der Waals surface area contributed by atoms with Gasteiger partial charge in [0.25, 0.3) is 5.88 Å². The largest absolute Gasteiger partial charge is 0.479 e. The molecule has 21 heavy (non-hydrogen) atoms. The molecule has 1 saturated carbocycles. The highest BCUT2D eigenvalue weighted by molar-refractivity contribution is 5.28. The van der Waals surface area contributed by atoms with Crippen LogP contribution in [0.15, 0.2) is 6.20 Å². The highest BCUT2D eigenvalue weighted by Crippen LogP contribution is 2.28. The molecule has 1 atom stereocenters. The third-order valence-electron chi connectivity index (χ3n) is 4.61. The van der Waals surface area contributed by atoms with Crippen LogP contribution in [0.25, 0.3) is 0 Å². The zero-order chi connectivity index (χ0) is 14.7. The molecule has 0 bridgehead atoms. The first kappa shape index (κ1) is 14.5. The van der Waals surface area contributed by atoms with Crippen molar-refractivity contribution in [1.29, 1.82) is 0 Å². The van der Waals surface area contributed by atoms with Crippen LogP contribution in [0.5, 0.6) is 5.88 Å². The van der Waals surface area contributed by atoms with E-state index >= 15 is 0 Å². The van der Waals surface area contributed by atoms with E-state index in [2.05, 4.69) is 20.2 Å². The van der Waals surface area contributed by atoms with Gasteiger partial charge in [0.05, 0.1) is 13.3 Å². The Morgan fingerprint density at radius 3 is 2.95 bits per heavy atom. The molecule has 1 N–H and O–H groups in total. The van der Waals surface area contributed by atoms with Crippen LogP contribution in [0.4, 0.5) is 10.3 Å². The van der Waals surface area contributed by atoms with Crippen molar-refractivity contribution in [1.82, 2.24) is 14.9 Å². The lowest BCUT2D eigenvalue weighted by Gasteiger charge is -2.23. The smallest absolute Gasteiger partial charge is 0.255 e. The summed E-state index contributed by atoms with van der Waals surface area (Å²) in [6.45, 7) is 3.18. The predicted octanol–water partition coefficient (Wildman–Crippen LogP) is 2.30. The van der Waals surface area contributed by atoms with Crippen LogP contribution in [0.2, 0.25) is 0 Å². The molecule has 0 spiro atoms. The monoisotopic (exact) mass is 294 g/mol. The molecule has 1 unspecified atom stereocenters. The lowest BCUT2D eigenvalue weighted by Crippen LogP contribution is -2.31. The molecule has 2 aliphatic rings. The van der Waals surface area contributed by atoms with Gasteiger partial charge in [0.1, 0.15) is 0 Å². The number of likely N-dealkylation sites (tertiary alicyclic amines) is 1. The maximum Gasteiger partial charge on any atom is 0.255 e. The van der Waals surface area contributed by atoms with Gasteiger partial charge in [-0.15, -0.1) is 0 Å². The number of hydrogen-bond donors (Lipinski definition) is 1.